The van der Waals surface area contributed by atoms with E-state index >= 15 is 0 Å². The molecule has 1 saturated heterocycles. The summed E-state index contributed by atoms with van der Waals surface area (Å²) < 4.78 is 16.0. The average molecular weight is 477 g/mol. The standard InChI is InChI=1S/C24H20N4O5S/c1-31-18-9-8-15(13-26-28-24-27-23(30)20(34-24)12-21(29)32-2)11-17(18)14-33-19-7-3-5-16-6-4-10-25-22(16)19/h3-13H,14H2,1-2H3,(H,27,28,30)/b20-12+,26-13?. The summed E-state index contributed by atoms with van der Waals surface area (Å²) in [4.78, 5) is 27.8. The number of thioether (sulfide) groups is 1. The van der Waals surface area contributed by atoms with Gasteiger partial charge < -0.3 is 14.2 Å². The Hall–Kier alpha value is -4.18. The lowest BCUT2D eigenvalue weighted by molar-refractivity contribution is -0.135. The van der Waals surface area contributed by atoms with E-state index in [1.807, 2.05) is 48.5 Å². The summed E-state index contributed by atoms with van der Waals surface area (Å²) >= 11 is 1.00. The molecule has 0 saturated carbocycles. The largest absolute Gasteiger partial charge is 0.496 e. The third-order valence-electron chi connectivity index (χ3n) is 4.74. The number of nitrogens with one attached hydrogen (secondary N) is 1. The highest BCUT2D eigenvalue weighted by molar-refractivity contribution is 8.18. The van der Waals surface area contributed by atoms with Gasteiger partial charge in [0.25, 0.3) is 5.91 Å². The Morgan fingerprint density at radius 3 is 2.82 bits per heavy atom. The maximum Gasteiger partial charge on any atom is 0.331 e. The summed E-state index contributed by atoms with van der Waals surface area (Å²) in [7, 11) is 2.83. The lowest BCUT2D eigenvalue weighted by atomic mass is 10.1. The third kappa shape index (κ3) is 5.41. The number of carbonyl (C=O) groups excluding carboxylic acids is 2. The first-order valence-corrected chi connectivity index (χ1v) is 10.9. The predicted octanol–water partition coefficient (Wildman–Crippen LogP) is 3.43. The fourth-order valence-corrected chi connectivity index (χ4v) is 3.87. The van der Waals surface area contributed by atoms with Crippen LogP contribution >= 0.6 is 11.8 Å². The van der Waals surface area contributed by atoms with Crippen molar-refractivity contribution in [1.29, 1.82) is 0 Å². The Morgan fingerprint density at radius 1 is 1.15 bits per heavy atom. The van der Waals surface area contributed by atoms with Gasteiger partial charge in [0, 0.05) is 23.2 Å². The molecule has 1 aliphatic heterocycles. The molecule has 0 radical (unpaired) electrons. The summed E-state index contributed by atoms with van der Waals surface area (Å²) in [5, 5.41) is 11.8. The van der Waals surface area contributed by atoms with Gasteiger partial charge in [0.05, 0.1) is 25.3 Å². The van der Waals surface area contributed by atoms with Gasteiger partial charge in [0.1, 0.15) is 23.6 Å². The highest BCUT2D eigenvalue weighted by Gasteiger charge is 2.25. The smallest absolute Gasteiger partial charge is 0.331 e. The fraction of sp³-hybridized carbons (Fsp3) is 0.125. The maximum atomic E-state index is 11.9. The van der Waals surface area contributed by atoms with Crippen LogP contribution in [-0.4, -0.2) is 42.5 Å². The van der Waals surface area contributed by atoms with Gasteiger partial charge in [-0.05, 0) is 47.7 Å². The molecule has 0 bridgehead atoms. The zero-order chi connectivity index (χ0) is 23.9. The Bertz CT molecular complexity index is 1330. The molecule has 1 N–H and O–H groups in total. The Morgan fingerprint density at radius 2 is 2.00 bits per heavy atom. The molecule has 0 unspecified atom stereocenters. The number of aromatic nitrogens is 1. The summed E-state index contributed by atoms with van der Waals surface area (Å²) in [6.07, 6.45) is 4.38. The van der Waals surface area contributed by atoms with Crippen molar-refractivity contribution in [2.75, 3.05) is 14.2 Å². The Balaban J connectivity index is 1.48. The van der Waals surface area contributed by atoms with Crippen molar-refractivity contribution in [2.24, 2.45) is 10.2 Å². The van der Waals surface area contributed by atoms with Crippen molar-refractivity contribution in [1.82, 2.24) is 10.3 Å². The number of amidine groups is 1. The maximum absolute atomic E-state index is 11.9. The quantitative estimate of drug-likeness (QED) is 0.241. The fourth-order valence-electron chi connectivity index (χ4n) is 3.13. The highest BCUT2D eigenvalue weighted by Crippen LogP contribution is 2.27. The molecular formula is C24H20N4O5S. The summed E-state index contributed by atoms with van der Waals surface area (Å²) in [5.41, 5.74) is 2.37. The van der Waals surface area contributed by atoms with Crippen molar-refractivity contribution in [3.05, 3.63) is 76.8 Å². The summed E-state index contributed by atoms with van der Waals surface area (Å²) in [6, 6.07) is 15.2. The number of hydrogen-bond donors (Lipinski definition) is 1. The number of methoxy groups -OCH3 is 2. The van der Waals surface area contributed by atoms with Crippen molar-refractivity contribution in [3.8, 4) is 11.5 Å². The number of fused-ring (bicyclic) bond motifs is 1. The van der Waals surface area contributed by atoms with Crippen LogP contribution in [0.4, 0.5) is 0 Å². The summed E-state index contributed by atoms with van der Waals surface area (Å²) in [5.74, 6) is 0.300. The number of esters is 1. The van der Waals surface area contributed by atoms with E-state index in [4.69, 9.17) is 9.47 Å². The molecule has 2 heterocycles. The lowest BCUT2D eigenvalue weighted by Crippen LogP contribution is -2.19. The lowest BCUT2D eigenvalue weighted by Gasteiger charge is -2.12. The Kier molecular flexibility index (Phi) is 7.19. The minimum Gasteiger partial charge on any atom is -0.496 e. The van der Waals surface area contributed by atoms with Crippen molar-refractivity contribution >= 4 is 45.9 Å². The number of rotatable bonds is 7. The SMILES string of the molecule is COC(=O)/C=C1/S/C(=N\N=Cc2ccc(OC)c(COc3cccc4cccnc34)c2)NC1=O. The molecule has 3 aromatic rings. The van der Waals surface area contributed by atoms with Crippen molar-refractivity contribution in [3.63, 3.8) is 0 Å². The van der Waals surface area contributed by atoms with Crippen LogP contribution in [0.5, 0.6) is 11.5 Å². The van der Waals surface area contributed by atoms with Crippen LogP contribution in [0.2, 0.25) is 0 Å². The van der Waals surface area contributed by atoms with E-state index < -0.39 is 11.9 Å². The number of para-hydroxylation sites is 1. The van der Waals surface area contributed by atoms with E-state index in [2.05, 4.69) is 25.2 Å². The van der Waals surface area contributed by atoms with Crippen LogP contribution in [0.3, 0.4) is 0 Å². The second-order valence-corrected chi connectivity index (χ2v) is 7.96. The molecule has 2 aromatic carbocycles. The molecule has 0 spiro atoms. The van der Waals surface area contributed by atoms with Gasteiger partial charge in [-0.1, -0.05) is 18.2 Å². The molecule has 1 amide bonds. The van der Waals surface area contributed by atoms with Crippen LogP contribution < -0.4 is 14.8 Å². The highest BCUT2D eigenvalue weighted by atomic mass is 32.2. The first-order chi connectivity index (χ1) is 16.6. The van der Waals surface area contributed by atoms with E-state index in [-0.39, 0.29) is 16.7 Å². The number of amides is 1. The molecule has 4 rings (SSSR count). The molecule has 172 valence electrons. The van der Waals surface area contributed by atoms with Crippen LogP contribution in [0.15, 0.2) is 75.9 Å². The first kappa shape index (κ1) is 23.0. The second-order valence-electron chi connectivity index (χ2n) is 6.93. The molecule has 1 aromatic heterocycles. The number of ether oxygens (including phenoxy) is 3. The number of nitrogens with zero attached hydrogens (tertiary/aromatic N) is 3. The molecule has 0 atom stereocenters. The van der Waals surface area contributed by atoms with Crippen LogP contribution in [-0.2, 0) is 20.9 Å². The minimum absolute atomic E-state index is 0.188. The summed E-state index contributed by atoms with van der Waals surface area (Å²) in [6.45, 7) is 0.267. The van der Waals surface area contributed by atoms with E-state index in [9.17, 15) is 9.59 Å². The van der Waals surface area contributed by atoms with Gasteiger partial charge in [0.15, 0.2) is 5.17 Å². The topological polar surface area (TPSA) is 111 Å². The zero-order valence-corrected chi connectivity index (χ0v) is 19.2. The van der Waals surface area contributed by atoms with Crippen LogP contribution in [0.1, 0.15) is 11.1 Å². The molecular weight excluding hydrogens is 456 g/mol. The normalized spacial score (nSPS) is 15.8. The van der Waals surface area contributed by atoms with Gasteiger partial charge in [-0.3, -0.25) is 15.1 Å². The molecule has 34 heavy (non-hydrogen) atoms. The van der Waals surface area contributed by atoms with Gasteiger partial charge in [-0.25, -0.2) is 4.79 Å². The van der Waals surface area contributed by atoms with E-state index in [1.54, 1.807) is 19.5 Å². The van der Waals surface area contributed by atoms with Gasteiger partial charge in [0.2, 0.25) is 0 Å². The zero-order valence-electron chi connectivity index (χ0n) is 18.3. The molecule has 9 nitrogen and oxygen atoms in total. The Labute approximate surface area is 199 Å². The van der Waals surface area contributed by atoms with Gasteiger partial charge in [-0.15, -0.1) is 5.10 Å². The number of carbonyl (C=O) groups is 2. The van der Waals surface area contributed by atoms with E-state index in [1.165, 1.54) is 7.11 Å². The van der Waals surface area contributed by atoms with Gasteiger partial charge in [-0.2, -0.15) is 5.10 Å². The van der Waals surface area contributed by atoms with Crippen molar-refractivity contribution < 1.29 is 23.8 Å². The molecule has 0 aliphatic carbocycles. The third-order valence-corrected chi connectivity index (χ3v) is 5.64. The van der Waals surface area contributed by atoms with Gasteiger partial charge >= 0.3 is 5.97 Å². The average Bonchev–Trinajstić information content (AvgIpc) is 3.21. The van der Waals surface area contributed by atoms with E-state index in [0.717, 1.165) is 39.9 Å². The number of hydrogen-bond acceptors (Lipinski definition) is 9. The first-order valence-electron chi connectivity index (χ1n) is 10.1. The number of pyridine rings is 1. The minimum atomic E-state index is -0.616. The van der Waals surface area contributed by atoms with E-state index in [0.29, 0.717) is 11.5 Å². The second kappa shape index (κ2) is 10.6. The van der Waals surface area contributed by atoms with Crippen LogP contribution in [0, 0.1) is 0 Å². The molecule has 10 heteroatoms. The molecule has 1 aliphatic rings. The monoisotopic (exact) mass is 476 g/mol. The van der Waals surface area contributed by atoms with Crippen molar-refractivity contribution in [2.45, 2.75) is 6.61 Å². The number of benzene rings is 2. The van der Waals surface area contributed by atoms with Crippen LogP contribution in [0.25, 0.3) is 10.9 Å². The molecule has 1 fully saturated rings. The predicted molar refractivity (Wildman–Crippen MR) is 130 cm³/mol.